The van der Waals surface area contributed by atoms with E-state index in [0.29, 0.717) is 0 Å². The van der Waals surface area contributed by atoms with Crippen LogP contribution >= 0.6 is 0 Å². The summed E-state index contributed by atoms with van der Waals surface area (Å²) in [4.78, 5) is 0. The lowest BCUT2D eigenvalue weighted by Gasteiger charge is -2.25. The molecule has 9 heteroatoms. The van der Waals surface area contributed by atoms with Gasteiger partial charge in [-0.25, -0.2) is 0 Å². The number of alkyl halides is 6. The average Bonchev–Trinajstić information content (AvgIpc) is 2.68. The molecule has 0 fully saturated rings. The van der Waals surface area contributed by atoms with E-state index in [-0.39, 0.29) is 23.7 Å². The van der Waals surface area contributed by atoms with Crippen LogP contribution in [0.3, 0.4) is 0 Å². The smallest absolute Gasteiger partial charge is 0.314 e. The second kappa shape index (κ2) is 9.40. The number of nitrogens with one attached hydrogen (secondary N) is 1. The van der Waals surface area contributed by atoms with Gasteiger partial charge in [0.1, 0.15) is 0 Å². The molecule has 0 radical (unpaired) electrons. The van der Waals surface area contributed by atoms with E-state index in [1.54, 1.807) is 13.8 Å². The zero-order valence-corrected chi connectivity index (χ0v) is 16.7. The number of hydrogen-bond donors (Lipinski definition) is 1. The fourth-order valence-corrected chi connectivity index (χ4v) is 3.45. The predicted octanol–water partition coefficient (Wildman–Crippen LogP) is 5.79. The van der Waals surface area contributed by atoms with Gasteiger partial charge in [-0.1, -0.05) is 38.1 Å². The minimum absolute atomic E-state index is 0.0519. The second-order valence-electron chi connectivity index (χ2n) is 7.29. The van der Waals surface area contributed by atoms with Crippen LogP contribution in [-0.4, -0.2) is 12.6 Å². The monoisotopic (exact) mass is 439 g/mol. The molecule has 0 spiro atoms. The number of rotatable bonds is 6. The molecule has 31 heavy (non-hydrogen) atoms. The lowest BCUT2D eigenvalue weighted by Crippen LogP contribution is -2.30. The summed E-state index contributed by atoms with van der Waals surface area (Å²) >= 11 is 0. The maximum absolute atomic E-state index is 13.8. The van der Waals surface area contributed by atoms with Crippen LogP contribution in [-0.2, 0) is 18.8 Å². The highest BCUT2D eigenvalue weighted by atomic mass is 19.4. The first-order valence-electron chi connectivity index (χ1n) is 9.32. The zero-order valence-electron chi connectivity index (χ0n) is 16.7. The molecule has 0 bridgehead atoms. The molecule has 2 aromatic rings. The minimum atomic E-state index is -4.86. The number of benzene rings is 2. The van der Waals surface area contributed by atoms with Crippen molar-refractivity contribution in [3.63, 3.8) is 0 Å². The summed E-state index contributed by atoms with van der Waals surface area (Å²) in [7, 11) is 0. The Morgan fingerprint density at radius 1 is 0.839 bits per heavy atom. The molecule has 2 aromatic carbocycles. The third-order valence-electron chi connectivity index (χ3n) is 4.73. The Morgan fingerprint density at radius 3 is 1.84 bits per heavy atom. The molecule has 0 saturated heterocycles. The quantitative estimate of drug-likeness (QED) is 0.580. The first kappa shape index (κ1) is 24.2. The molecule has 0 heterocycles. The van der Waals surface area contributed by atoms with Gasteiger partial charge in [-0.05, 0) is 29.7 Å². The molecule has 1 atom stereocenters. The Kier molecular flexibility index (Phi) is 7.35. The van der Waals surface area contributed by atoms with Gasteiger partial charge in [0.05, 0.1) is 34.4 Å². The van der Waals surface area contributed by atoms with E-state index >= 15 is 0 Å². The van der Waals surface area contributed by atoms with Gasteiger partial charge in [0.15, 0.2) is 0 Å². The van der Waals surface area contributed by atoms with E-state index < -0.39 is 46.9 Å². The van der Waals surface area contributed by atoms with Crippen LogP contribution in [0.4, 0.5) is 26.3 Å². The van der Waals surface area contributed by atoms with E-state index in [9.17, 15) is 26.3 Å². The molecular weight excluding hydrogens is 420 g/mol. The highest BCUT2D eigenvalue weighted by Gasteiger charge is 2.40. The van der Waals surface area contributed by atoms with Crippen molar-refractivity contribution in [2.24, 2.45) is 0 Å². The van der Waals surface area contributed by atoms with E-state index in [4.69, 9.17) is 10.5 Å². The molecule has 1 unspecified atom stereocenters. The van der Waals surface area contributed by atoms with Gasteiger partial charge in [0.2, 0.25) is 0 Å². The van der Waals surface area contributed by atoms with Crippen LogP contribution in [0.25, 0.3) is 0 Å². The standard InChI is InChI=1S/C22H19F6N3/c1-13(2)31-12-17(18-8-4-7-16(11-30)20(18)22(26,27)28)9-14-5-3-6-15(10-29)19(14)21(23,24)25/h3-8,13,17,31H,9,12H2,1-2H3. The fourth-order valence-electron chi connectivity index (χ4n) is 3.45. The minimum Gasteiger partial charge on any atom is -0.314 e. The van der Waals surface area contributed by atoms with Crippen LogP contribution in [0.15, 0.2) is 36.4 Å². The van der Waals surface area contributed by atoms with Crippen molar-refractivity contribution in [3.8, 4) is 12.1 Å². The Hall–Kier alpha value is -3.04. The van der Waals surface area contributed by atoms with E-state index in [1.165, 1.54) is 30.3 Å². The lowest BCUT2D eigenvalue weighted by atomic mass is 9.84. The van der Waals surface area contributed by atoms with Gasteiger partial charge in [0.25, 0.3) is 0 Å². The molecule has 3 nitrogen and oxygen atoms in total. The van der Waals surface area contributed by atoms with Crippen molar-refractivity contribution < 1.29 is 26.3 Å². The first-order chi connectivity index (χ1) is 14.4. The van der Waals surface area contributed by atoms with E-state index in [1.807, 2.05) is 0 Å². The van der Waals surface area contributed by atoms with Gasteiger partial charge in [-0.15, -0.1) is 0 Å². The van der Waals surface area contributed by atoms with Crippen molar-refractivity contribution in [2.75, 3.05) is 6.54 Å². The van der Waals surface area contributed by atoms with Crippen molar-refractivity contribution in [2.45, 2.75) is 44.6 Å². The predicted molar refractivity (Wildman–Crippen MR) is 102 cm³/mol. The first-order valence-corrected chi connectivity index (χ1v) is 9.32. The SMILES string of the molecule is CC(C)NCC(Cc1cccc(C#N)c1C(F)(F)F)c1cccc(C#N)c1C(F)(F)F. The largest absolute Gasteiger partial charge is 0.417 e. The third kappa shape index (κ3) is 5.77. The highest BCUT2D eigenvalue weighted by molar-refractivity contribution is 5.49. The van der Waals surface area contributed by atoms with Gasteiger partial charge in [0, 0.05) is 18.5 Å². The summed E-state index contributed by atoms with van der Waals surface area (Å²) in [6.07, 6.45) is -10.1. The molecule has 0 aliphatic heterocycles. The molecule has 0 aliphatic rings. The summed E-state index contributed by atoms with van der Waals surface area (Å²) in [6, 6.07) is 9.81. The summed E-state index contributed by atoms with van der Waals surface area (Å²) in [5, 5.41) is 21.2. The van der Waals surface area contributed by atoms with Crippen LogP contribution < -0.4 is 5.32 Å². The second-order valence-corrected chi connectivity index (χ2v) is 7.29. The molecule has 0 aromatic heterocycles. The molecule has 0 saturated carbocycles. The van der Waals surface area contributed by atoms with Gasteiger partial charge in [-0.2, -0.15) is 36.9 Å². The lowest BCUT2D eigenvalue weighted by molar-refractivity contribution is -0.139. The number of nitriles is 2. The maximum atomic E-state index is 13.8. The third-order valence-corrected chi connectivity index (χ3v) is 4.73. The highest BCUT2D eigenvalue weighted by Crippen LogP contribution is 2.40. The van der Waals surface area contributed by atoms with Crippen molar-refractivity contribution in [1.29, 1.82) is 10.5 Å². The van der Waals surface area contributed by atoms with Gasteiger partial charge >= 0.3 is 12.4 Å². The molecular formula is C22H19F6N3. The topological polar surface area (TPSA) is 59.6 Å². The van der Waals surface area contributed by atoms with Crippen molar-refractivity contribution in [1.82, 2.24) is 5.32 Å². The van der Waals surface area contributed by atoms with Crippen LogP contribution in [0.5, 0.6) is 0 Å². The Labute approximate surface area is 175 Å². The van der Waals surface area contributed by atoms with Crippen LogP contribution in [0, 0.1) is 22.7 Å². The normalized spacial score (nSPS) is 13.0. The van der Waals surface area contributed by atoms with Gasteiger partial charge < -0.3 is 5.32 Å². The Bertz CT molecular complexity index is 1010. The number of nitrogens with zero attached hydrogens (tertiary/aromatic N) is 2. The Morgan fingerprint density at radius 2 is 1.35 bits per heavy atom. The van der Waals surface area contributed by atoms with E-state index in [0.717, 1.165) is 18.2 Å². The average molecular weight is 439 g/mol. The summed E-state index contributed by atoms with van der Waals surface area (Å²) in [5.74, 6) is -1.03. The van der Waals surface area contributed by atoms with Crippen LogP contribution in [0.1, 0.15) is 53.1 Å². The molecule has 1 N–H and O–H groups in total. The number of halogens is 6. The van der Waals surface area contributed by atoms with E-state index in [2.05, 4.69) is 5.32 Å². The summed E-state index contributed by atoms with van der Waals surface area (Å²) in [5.41, 5.74) is -4.05. The van der Waals surface area contributed by atoms with Gasteiger partial charge in [-0.3, -0.25) is 0 Å². The van der Waals surface area contributed by atoms with Crippen molar-refractivity contribution in [3.05, 3.63) is 69.8 Å². The summed E-state index contributed by atoms with van der Waals surface area (Å²) < 4.78 is 82.3. The molecule has 164 valence electrons. The molecule has 0 aliphatic carbocycles. The zero-order chi connectivity index (χ0) is 23.4. The maximum Gasteiger partial charge on any atom is 0.417 e. The molecule has 2 rings (SSSR count). The van der Waals surface area contributed by atoms with Crippen LogP contribution in [0.2, 0.25) is 0 Å². The summed E-state index contributed by atoms with van der Waals surface area (Å²) in [6.45, 7) is 3.46. The van der Waals surface area contributed by atoms with Crippen molar-refractivity contribution >= 4 is 0 Å². The fraction of sp³-hybridized carbons (Fsp3) is 0.364. The molecule has 0 amide bonds. The number of hydrogen-bond acceptors (Lipinski definition) is 3. The Balaban J connectivity index is 2.68.